The Kier molecular flexibility index (Phi) is 6.72. The quantitative estimate of drug-likeness (QED) is 0.317. The van der Waals surface area contributed by atoms with Crippen LogP contribution in [-0.2, 0) is 4.79 Å². The van der Waals surface area contributed by atoms with E-state index in [9.17, 15) is 14.4 Å². The first-order valence-electron chi connectivity index (χ1n) is 10.3. The van der Waals surface area contributed by atoms with Gasteiger partial charge in [-0.25, -0.2) is 0 Å². The molecule has 0 aliphatic carbocycles. The van der Waals surface area contributed by atoms with Crippen LogP contribution >= 0.6 is 23.2 Å². The van der Waals surface area contributed by atoms with E-state index in [1.165, 1.54) is 13.0 Å². The summed E-state index contributed by atoms with van der Waals surface area (Å²) in [5.74, 6) is -0.587. The topological polar surface area (TPSA) is 85.6 Å². The van der Waals surface area contributed by atoms with Gasteiger partial charge in [-0.15, -0.1) is 0 Å². The number of carbonyl (C=O) groups excluding carboxylic acids is 2. The molecule has 0 unspecified atom stereocenters. The van der Waals surface area contributed by atoms with Gasteiger partial charge in [0.2, 0.25) is 11.2 Å². The summed E-state index contributed by atoms with van der Waals surface area (Å²) in [5, 5.41) is 3.82. The van der Waals surface area contributed by atoms with Crippen LogP contribution in [0.1, 0.15) is 22.8 Å². The molecule has 1 aromatic heterocycles. The van der Waals surface area contributed by atoms with E-state index >= 15 is 0 Å². The lowest BCUT2D eigenvalue weighted by Gasteiger charge is -2.13. The highest BCUT2D eigenvalue weighted by molar-refractivity contribution is 6.32. The van der Waals surface area contributed by atoms with Gasteiger partial charge in [-0.1, -0.05) is 35.3 Å². The molecule has 0 atom stereocenters. The van der Waals surface area contributed by atoms with E-state index in [1.807, 2.05) is 0 Å². The number of hydrogen-bond donors (Lipinski definition) is 1. The van der Waals surface area contributed by atoms with Gasteiger partial charge < -0.3 is 14.5 Å². The zero-order valence-corrected chi connectivity index (χ0v) is 19.8. The minimum atomic E-state index is -0.510. The summed E-state index contributed by atoms with van der Waals surface area (Å²) in [6.45, 7) is 2.79. The molecular weight excluding hydrogens is 477 g/mol. The number of ketones is 1. The third-order valence-electron chi connectivity index (χ3n) is 5.14. The lowest BCUT2D eigenvalue weighted by atomic mass is 10.1. The molecule has 0 aliphatic rings. The smallest absolute Gasteiger partial charge is 0.262 e. The number of benzene rings is 3. The van der Waals surface area contributed by atoms with Crippen molar-refractivity contribution in [2.75, 3.05) is 11.9 Å². The van der Waals surface area contributed by atoms with E-state index in [-0.39, 0.29) is 22.7 Å². The fourth-order valence-electron chi connectivity index (χ4n) is 3.37. The molecule has 1 heterocycles. The van der Waals surface area contributed by atoms with Gasteiger partial charge in [-0.05, 0) is 67.9 Å². The number of fused-ring (bicyclic) bond motifs is 1. The van der Waals surface area contributed by atoms with Gasteiger partial charge >= 0.3 is 0 Å². The Hall–Kier alpha value is -3.61. The van der Waals surface area contributed by atoms with Crippen LogP contribution < -0.4 is 15.5 Å². The number of Topliss-reactive ketones (excluding diaryl/α,β-unsaturated/α-hetero) is 1. The predicted octanol–water partition coefficient (Wildman–Crippen LogP) is 6.30. The molecule has 3 aromatic carbocycles. The summed E-state index contributed by atoms with van der Waals surface area (Å²) in [4.78, 5) is 37.4. The minimum absolute atomic E-state index is 0.123. The second-order valence-electron chi connectivity index (χ2n) is 7.67. The number of nitrogens with one attached hydrogen (secondary N) is 1. The van der Waals surface area contributed by atoms with Crippen LogP contribution in [0.2, 0.25) is 10.0 Å². The van der Waals surface area contributed by atoms with E-state index in [0.29, 0.717) is 32.4 Å². The van der Waals surface area contributed by atoms with Crippen LogP contribution in [-0.4, -0.2) is 18.3 Å². The third kappa shape index (κ3) is 4.98. The molecule has 0 fully saturated rings. The molecule has 1 amide bonds. The van der Waals surface area contributed by atoms with Gasteiger partial charge in [0.15, 0.2) is 18.2 Å². The number of amides is 1. The SMILES string of the molecule is CC(=O)c1cccc(NC(=O)COc2c(-c3ccc(Cl)cc3)oc3cc(C)c(Cl)cc3c2=O)c1. The molecule has 0 radical (unpaired) electrons. The largest absolute Gasteiger partial charge is 0.476 e. The normalized spacial score (nSPS) is 10.8. The lowest BCUT2D eigenvalue weighted by Crippen LogP contribution is -2.22. The highest BCUT2D eigenvalue weighted by Gasteiger charge is 2.20. The Morgan fingerprint density at radius 2 is 1.76 bits per heavy atom. The highest BCUT2D eigenvalue weighted by Crippen LogP contribution is 2.33. The van der Waals surface area contributed by atoms with Crippen molar-refractivity contribution >= 4 is 51.5 Å². The van der Waals surface area contributed by atoms with Gasteiger partial charge in [0.1, 0.15) is 5.58 Å². The molecule has 6 nitrogen and oxygen atoms in total. The van der Waals surface area contributed by atoms with Crippen LogP contribution in [0, 0.1) is 6.92 Å². The Balaban J connectivity index is 1.69. The van der Waals surface area contributed by atoms with Crippen molar-refractivity contribution in [2.45, 2.75) is 13.8 Å². The standard InChI is InChI=1S/C26H19Cl2NO5/c1-14-10-22-20(12-21(14)28)24(32)26(25(34-22)16-6-8-18(27)9-7-16)33-13-23(31)29-19-5-3-4-17(11-19)15(2)30/h3-12H,13H2,1-2H3,(H,29,31). The Labute approximate surface area is 205 Å². The van der Waals surface area contributed by atoms with E-state index in [1.54, 1.807) is 61.5 Å². The number of aryl methyl sites for hydroxylation is 1. The van der Waals surface area contributed by atoms with E-state index in [4.69, 9.17) is 32.4 Å². The van der Waals surface area contributed by atoms with Crippen molar-refractivity contribution < 1.29 is 18.7 Å². The van der Waals surface area contributed by atoms with Crippen molar-refractivity contribution in [2.24, 2.45) is 0 Å². The lowest BCUT2D eigenvalue weighted by molar-refractivity contribution is -0.118. The van der Waals surface area contributed by atoms with Gasteiger partial charge in [0, 0.05) is 26.9 Å². The monoisotopic (exact) mass is 495 g/mol. The number of hydrogen-bond acceptors (Lipinski definition) is 5. The molecule has 0 saturated carbocycles. The first-order chi connectivity index (χ1) is 16.2. The maximum Gasteiger partial charge on any atom is 0.262 e. The van der Waals surface area contributed by atoms with Crippen LogP contribution in [0.15, 0.2) is 69.9 Å². The first kappa shape index (κ1) is 23.5. The maximum atomic E-state index is 13.3. The summed E-state index contributed by atoms with van der Waals surface area (Å²) < 4.78 is 11.7. The summed E-state index contributed by atoms with van der Waals surface area (Å²) in [6.07, 6.45) is 0. The van der Waals surface area contributed by atoms with Gasteiger partial charge in [-0.2, -0.15) is 0 Å². The molecule has 0 spiro atoms. The zero-order valence-electron chi connectivity index (χ0n) is 18.3. The summed E-state index contributed by atoms with van der Waals surface area (Å²) in [5.41, 5.74) is 2.09. The summed E-state index contributed by atoms with van der Waals surface area (Å²) in [7, 11) is 0. The molecule has 0 saturated heterocycles. The predicted molar refractivity (Wildman–Crippen MR) is 133 cm³/mol. The molecule has 4 aromatic rings. The van der Waals surface area contributed by atoms with Crippen molar-refractivity contribution in [1.29, 1.82) is 0 Å². The van der Waals surface area contributed by atoms with Crippen LogP contribution in [0.4, 0.5) is 5.69 Å². The highest BCUT2D eigenvalue weighted by atomic mass is 35.5. The number of halogens is 2. The van der Waals surface area contributed by atoms with Crippen LogP contribution in [0.25, 0.3) is 22.3 Å². The third-order valence-corrected chi connectivity index (χ3v) is 5.80. The van der Waals surface area contributed by atoms with Crippen LogP contribution in [0.5, 0.6) is 5.75 Å². The summed E-state index contributed by atoms with van der Waals surface area (Å²) >= 11 is 12.2. The maximum absolute atomic E-state index is 13.3. The van der Waals surface area contributed by atoms with Crippen molar-refractivity contribution in [3.63, 3.8) is 0 Å². The second kappa shape index (κ2) is 9.71. The number of rotatable bonds is 6. The molecule has 172 valence electrons. The van der Waals surface area contributed by atoms with E-state index in [2.05, 4.69) is 5.32 Å². The van der Waals surface area contributed by atoms with Crippen LogP contribution in [0.3, 0.4) is 0 Å². The van der Waals surface area contributed by atoms with Crippen molar-refractivity contribution in [3.8, 4) is 17.1 Å². The molecule has 0 bridgehead atoms. The Morgan fingerprint density at radius 1 is 1.03 bits per heavy atom. The first-order valence-corrected chi connectivity index (χ1v) is 11.0. The zero-order chi connectivity index (χ0) is 24.4. The fourth-order valence-corrected chi connectivity index (χ4v) is 3.66. The van der Waals surface area contributed by atoms with Gasteiger partial charge in [0.25, 0.3) is 5.91 Å². The van der Waals surface area contributed by atoms with E-state index < -0.39 is 17.9 Å². The van der Waals surface area contributed by atoms with Gasteiger partial charge in [-0.3, -0.25) is 14.4 Å². The fraction of sp³-hybridized carbons (Fsp3) is 0.115. The second-order valence-corrected chi connectivity index (χ2v) is 8.51. The number of ether oxygens (including phenoxy) is 1. The summed E-state index contributed by atoms with van der Waals surface area (Å²) in [6, 6.07) is 16.4. The van der Waals surface area contributed by atoms with Crippen molar-refractivity contribution in [1.82, 2.24) is 0 Å². The number of carbonyl (C=O) groups is 2. The van der Waals surface area contributed by atoms with Gasteiger partial charge in [0.05, 0.1) is 5.39 Å². The Bertz CT molecular complexity index is 1480. The molecule has 1 N–H and O–H groups in total. The molecule has 0 aliphatic heterocycles. The molecule has 4 rings (SSSR count). The molecule has 8 heteroatoms. The molecule has 34 heavy (non-hydrogen) atoms. The average molecular weight is 496 g/mol. The minimum Gasteiger partial charge on any atom is -0.476 e. The Morgan fingerprint density at radius 3 is 2.47 bits per heavy atom. The van der Waals surface area contributed by atoms with E-state index in [0.717, 1.165) is 5.56 Å². The average Bonchev–Trinajstić information content (AvgIpc) is 2.80. The van der Waals surface area contributed by atoms with Crippen molar-refractivity contribution in [3.05, 3.63) is 92.1 Å². The number of anilines is 1. The molecular formula is C26H19Cl2NO5.